The monoisotopic (exact) mass is 391 g/mol. The van der Waals surface area contributed by atoms with Gasteiger partial charge >= 0.3 is 0 Å². The third-order valence-corrected chi connectivity index (χ3v) is 4.01. The van der Waals surface area contributed by atoms with Crippen LogP contribution in [-0.2, 0) is 0 Å². The van der Waals surface area contributed by atoms with Gasteiger partial charge in [-0.25, -0.2) is 0 Å². The zero-order valence-electron chi connectivity index (χ0n) is 16.1. The molecule has 0 aliphatic rings. The van der Waals surface area contributed by atoms with E-state index in [0.29, 0.717) is 29.3 Å². The van der Waals surface area contributed by atoms with E-state index in [1.54, 1.807) is 61.7 Å². The van der Waals surface area contributed by atoms with Gasteiger partial charge in [-0.3, -0.25) is 14.6 Å². The van der Waals surface area contributed by atoms with Crippen LogP contribution in [0.25, 0.3) is 0 Å². The minimum Gasteiger partial charge on any atom is -0.497 e. The predicted molar refractivity (Wildman–Crippen MR) is 111 cm³/mol. The number of ether oxygens (including phenoxy) is 2. The fraction of sp³-hybridized carbons (Fsp3) is 0.136. The highest BCUT2D eigenvalue weighted by Gasteiger charge is 2.13. The number of benzene rings is 2. The molecule has 0 aliphatic heterocycles. The van der Waals surface area contributed by atoms with E-state index in [1.165, 1.54) is 12.3 Å². The van der Waals surface area contributed by atoms with Crippen LogP contribution in [0.2, 0.25) is 0 Å². The molecule has 1 heterocycles. The van der Waals surface area contributed by atoms with Crippen LogP contribution in [0.4, 0.5) is 11.4 Å². The smallest absolute Gasteiger partial charge is 0.274 e. The van der Waals surface area contributed by atoms with Crippen LogP contribution in [0.3, 0.4) is 0 Å². The summed E-state index contributed by atoms with van der Waals surface area (Å²) in [4.78, 5) is 29.1. The number of hydrogen-bond donors (Lipinski definition) is 2. The van der Waals surface area contributed by atoms with Gasteiger partial charge in [0.25, 0.3) is 11.8 Å². The average molecular weight is 391 g/mol. The summed E-state index contributed by atoms with van der Waals surface area (Å²) in [5.74, 6) is 0.589. The Balaban J connectivity index is 1.69. The highest BCUT2D eigenvalue weighted by Crippen LogP contribution is 2.18. The SMILES string of the molecule is CCOc1ccc(NC(=O)c2ccnc(C(=O)Nc3cccc(OC)c3)c2)cc1. The minimum atomic E-state index is -0.422. The van der Waals surface area contributed by atoms with E-state index in [2.05, 4.69) is 15.6 Å². The van der Waals surface area contributed by atoms with Crippen LogP contribution in [-0.4, -0.2) is 30.5 Å². The molecule has 1 aromatic heterocycles. The van der Waals surface area contributed by atoms with Crippen LogP contribution < -0.4 is 20.1 Å². The third-order valence-electron chi connectivity index (χ3n) is 4.01. The van der Waals surface area contributed by atoms with E-state index in [9.17, 15) is 9.59 Å². The van der Waals surface area contributed by atoms with Crippen molar-refractivity contribution in [1.29, 1.82) is 0 Å². The summed E-state index contributed by atoms with van der Waals surface area (Å²) in [6.07, 6.45) is 1.42. The molecule has 3 aromatic rings. The minimum absolute atomic E-state index is 0.132. The van der Waals surface area contributed by atoms with E-state index in [1.807, 2.05) is 6.92 Å². The standard InChI is InChI=1S/C22H21N3O4/c1-3-29-18-9-7-16(8-10-18)24-21(26)15-11-12-23-20(13-15)22(27)25-17-5-4-6-19(14-17)28-2/h4-14H,3H2,1-2H3,(H,24,26)(H,25,27). The second-order valence-electron chi connectivity index (χ2n) is 6.03. The molecule has 2 aromatic carbocycles. The number of hydrogen-bond acceptors (Lipinski definition) is 5. The number of nitrogens with one attached hydrogen (secondary N) is 2. The summed E-state index contributed by atoms with van der Waals surface area (Å²) >= 11 is 0. The lowest BCUT2D eigenvalue weighted by Crippen LogP contribution is -2.17. The van der Waals surface area contributed by atoms with Gasteiger partial charge in [0.05, 0.1) is 13.7 Å². The van der Waals surface area contributed by atoms with Crippen molar-refractivity contribution in [2.45, 2.75) is 6.92 Å². The molecule has 2 N–H and O–H groups in total. The van der Waals surface area contributed by atoms with Gasteiger partial charge in [-0.05, 0) is 55.5 Å². The van der Waals surface area contributed by atoms with Crippen molar-refractivity contribution in [2.24, 2.45) is 0 Å². The molecule has 3 rings (SSSR count). The summed E-state index contributed by atoms with van der Waals surface area (Å²) in [6.45, 7) is 2.48. The van der Waals surface area contributed by atoms with E-state index >= 15 is 0 Å². The van der Waals surface area contributed by atoms with Crippen molar-refractivity contribution in [3.63, 3.8) is 0 Å². The zero-order valence-corrected chi connectivity index (χ0v) is 16.1. The maximum absolute atomic E-state index is 12.5. The van der Waals surface area contributed by atoms with Gasteiger partial charge in [-0.15, -0.1) is 0 Å². The summed E-state index contributed by atoms with van der Waals surface area (Å²) in [5.41, 5.74) is 1.65. The Morgan fingerprint density at radius 1 is 0.897 bits per heavy atom. The number of methoxy groups -OCH3 is 1. The molecular weight excluding hydrogens is 370 g/mol. The molecule has 0 bridgehead atoms. The Hall–Kier alpha value is -3.87. The lowest BCUT2D eigenvalue weighted by molar-refractivity contribution is 0.102. The molecule has 0 aliphatic carbocycles. The first-order valence-electron chi connectivity index (χ1n) is 9.04. The highest BCUT2D eigenvalue weighted by molar-refractivity contribution is 6.07. The van der Waals surface area contributed by atoms with Gasteiger partial charge in [0.2, 0.25) is 0 Å². The molecule has 2 amide bonds. The normalized spacial score (nSPS) is 10.1. The largest absolute Gasteiger partial charge is 0.497 e. The van der Waals surface area contributed by atoms with Gasteiger partial charge in [0, 0.05) is 29.2 Å². The summed E-state index contributed by atoms with van der Waals surface area (Å²) in [6, 6.07) is 17.0. The first-order valence-corrected chi connectivity index (χ1v) is 9.04. The number of aromatic nitrogens is 1. The number of carbonyl (C=O) groups excluding carboxylic acids is 2. The fourth-order valence-electron chi connectivity index (χ4n) is 2.60. The second-order valence-corrected chi connectivity index (χ2v) is 6.03. The third kappa shape index (κ3) is 5.32. The number of amides is 2. The van der Waals surface area contributed by atoms with Crippen molar-refractivity contribution in [2.75, 3.05) is 24.4 Å². The van der Waals surface area contributed by atoms with Crippen LogP contribution in [0.1, 0.15) is 27.8 Å². The van der Waals surface area contributed by atoms with Crippen LogP contribution in [0, 0.1) is 0 Å². The van der Waals surface area contributed by atoms with E-state index in [4.69, 9.17) is 9.47 Å². The number of pyridine rings is 1. The van der Waals surface area contributed by atoms with E-state index in [-0.39, 0.29) is 11.6 Å². The molecule has 148 valence electrons. The summed E-state index contributed by atoms with van der Waals surface area (Å²) in [5, 5.41) is 5.53. The first kappa shape index (κ1) is 19.9. The van der Waals surface area contributed by atoms with Gasteiger partial charge in [0.1, 0.15) is 17.2 Å². The lowest BCUT2D eigenvalue weighted by atomic mass is 10.2. The molecule has 0 atom stereocenters. The number of carbonyl (C=O) groups is 2. The van der Waals surface area contributed by atoms with Crippen molar-refractivity contribution in [3.8, 4) is 11.5 Å². The molecule has 7 nitrogen and oxygen atoms in total. The summed E-state index contributed by atoms with van der Waals surface area (Å²) < 4.78 is 10.5. The fourth-order valence-corrected chi connectivity index (χ4v) is 2.60. The van der Waals surface area contributed by atoms with Gasteiger partial charge in [0.15, 0.2) is 0 Å². The first-order chi connectivity index (χ1) is 14.1. The maximum atomic E-state index is 12.5. The quantitative estimate of drug-likeness (QED) is 0.636. The molecule has 29 heavy (non-hydrogen) atoms. The Labute approximate surface area is 168 Å². The second kappa shape index (κ2) is 9.36. The topological polar surface area (TPSA) is 89.5 Å². The lowest BCUT2D eigenvalue weighted by Gasteiger charge is -2.09. The number of anilines is 2. The maximum Gasteiger partial charge on any atom is 0.274 e. The Bertz CT molecular complexity index is 1000. The molecule has 0 spiro atoms. The van der Waals surface area contributed by atoms with E-state index in [0.717, 1.165) is 5.75 Å². The van der Waals surface area contributed by atoms with Crippen molar-refractivity contribution in [3.05, 3.63) is 78.1 Å². The summed E-state index contributed by atoms with van der Waals surface area (Å²) in [7, 11) is 1.55. The molecule has 0 saturated carbocycles. The van der Waals surface area contributed by atoms with Crippen molar-refractivity contribution in [1.82, 2.24) is 4.98 Å². The average Bonchev–Trinajstić information content (AvgIpc) is 2.75. The molecule has 0 radical (unpaired) electrons. The highest BCUT2D eigenvalue weighted by atomic mass is 16.5. The van der Waals surface area contributed by atoms with Gasteiger partial charge < -0.3 is 20.1 Å². The molecule has 0 fully saturated rings. The molecule has 0 saturated heterocycles. The van der Waals surface area contributed by atoms with E-state index < -0.39 is 5.91 Å². The van der Waals surface area contributed by atoms with Gasteiger partial charge in [-0.2, -0.15) is 0 Å². The molecule has 7 heteroatoms. The number of rotatable bonds is 7. The van der Waals surface area contributed by atoms with Crippen LogP contribution >= 0.6 is 0 Å². The van der Waals surface area contributed by atoms with Crippen LogP contribution in [0.5, 0.6) is 11.5 Å². The Kier molecular flexibility index (Phi) is 6.42. The predicted octanol–water partition coefficient (Wildman–Crippen LogP) is 3.99. The van der Waals surface area contributed by atoms with Crippen LogP contribution in [0.15, 0.2) is 66.9 Å². The Morgan fingerprint density at radius 2 is 1.66 bits per heavy atom. The Morgan fingerprint density at radius 3 is 2.38 bits per heavy atom. The number of nitrogens with zero attached hydrogens (tertiary/aromatic N) is 1. The molecule has 0 unspecified atom stereocenters. The van der Waals surface area contributed by atoms with Crippen molar-refractivity contribution >= 4 is 23.2 Å². The zero-order chi connectivity index (χ0) is 20.6. The molecular formula is C22H21N3O4. The van der Waals surface area contributed by atoms with Crippen molar-refractivity contribution < 1.29 is 19.1 Å². The van der Waals surface area contributed by atoms with Gasteiger partial charge in [-0.1, -0.05) is 6.07 Å².